The Morgan fingerprint density at radius 1 is 1.00 bits per heavy atom. The number of para-hydroxylation sites is 1. The molecule has 4 nitrogen and oxygen atoms in total. The van der Waals surface area contributed by atoms with Crippen LogP contribution < -0.4 is 9.47 Å². The quantitative estimate of drug-likeness (QED) is 0.825. The number of hydrogen-bond acceptors (Lipinski definition) is 4. The number of piperazine rings is 1. The van der Waals surface area contributed by atoms with Gasteiger partial charge in [0.15, 0.2) is 0 Å². The van der Waals surface area contributed by atoms with E-state index < -0.39 is 0 Å². The summed E-state index contributed by atoms with van der Waals surface area (Å²) in [6.45, 7) is 6.50. The summed E-state index contributed by atoms with van der Waals surface area (Å²) < 4.78 is 11.5. The molecule has 1 saturated heterocycles. The lowest BCUT2D eigenvalue weighted by molar-refractivity contribution is 0.0722. The summed E-state index contributed by atoms with van der Waals surface area (Å²) in [6, 6.07) is 16.9. The maximum Gasteiger partial charge on any atom is 0.122 e. The number of ether oxygens (including phenoxy) is 2. The fourth-order valence-corrected chi connectivity index (χ4v) is 3.96. The van der Waals surface area contributed by atoms with Crippen molar-refractivity contribution < 1.29 is 9.47 Å². The molecule has 2 aromatic carbocycles. The van der Waals surface area contributed by atoms with Gasteiger partial charge in [-0.3, -0.25) is 9.80 Å². The fraction of sp³-hybridized carbons (Fsp3) is 0.455. The van der Waals surface area contributed by atoms with Gasteiger partial charge in [-0.1, -0.05) is 30.3 Å². The lowest BCUT2D eigenvalue weighted by Crippen LogP contribution is -2.49. The molecule has 1 fully saturated rings. The van der Waals surface area contributed by atoms with Crippen molar-refractivity contribution in [1.82, 2.24) is 9.80 Å². The fourth-order valence-electron chi connectivity index (χ4n) is 3.96. The van der Waals surface area contributed by atoms with Crippen LogP contribution in [0.4, 0.5) is 0 Å². The first-order valence-electron chi connectivity index (χ1n) is 9.62. The van der Waals surface area contributed by atoms with Crippen LogP contribution in [0, 0.1) is 0 Å². The van der Waals surface area contributed by atoms with Gasteiger partial charge in [0, 0.05) is 39.3 Å². The molecule has 4 heteroatoms. The topological polar surface area (TPSA) is 24.9 Å². The summed E-state index contributed by atoms with van der Waals surface area (Å²) in [5.74, 6) is 2.02. The highest BCUT2D eigenvalue weighted by Crippen LogP contribution is 2.27. The third kappa shape index (κ3) is 4.19. The minimum Gasteiger partial charge on any atom is -0.497 e. The van der Waals surface area contributed by atoms with Crippen molar-refractivity contribution in [2.24, 2.45) is 0 Å². The first-order chi connectivity index (χ1) is 12.8. The predicted molar refractivity (Wildman–Crippen MR) is 104 cm³/mol. The molecule has 26 heavy (non-hydrogen) atoms. The van der Waals surface area contributed by atoms with Crippen LogP contribution in [-0.4, -0.2) is 55.7 Å². The molecule has 1 atom stereocenters. The van der Waals surface area contributed by atoms with Gasteiger partial charge >= 0.3 is 0 Å². The molecule has 0 saturated carbocycles. The number of aryl methyl sites for hydroxylation is 1. The molecule has 2 heterocycles. The van der Waals surface area contributed by atoms with Crippen LogP contribution in [0.3, 0.4) is 0 Å². The SMILES string of the molecule is COc1cccc(CN2CCN(CC3CCc4ccccc4O3)CC2)c1. The van der Waals surface area contributed by atoms with Crippen molar-refractivity contribution in [1.29, 1.82) is 0 Å². The van der Waals surface area contributed by atoms with Crippen molar-refractivity contribution in [2.45, 2.75) is 25.5 Å². The van der Waals surface area contributed by atoms with Crippen LogP contribution >= 0.6 is 0 Å². The second kappa shape index (κ2) is 8.11. The lowest BCUT2D eigenvalue weighted by atomic mass is 10.0. The van der Waals surface area contributed by atoms with Gasteiger partial charge in [0.05, 0.1) is 7.11 Å². The Labute approximate surface area is 156 Å². The summed E-state index contributed by atoms with van der Waals surface area (Å²) in [4.78, 5) is 5.09. The average molecular weight is 352 g/mol. The lowest BCUT2D eigenvalue weighted by Gasteiger charge is -2.37. The molecule has 0 aromatic heterocycles. The van der Waals surface area contributed by atoms with Crippen molar-refractivity contribution in [3.05, 3.63) is 59.7 Å². The first kappa shape index (κ1) is 17.4. The Kier molecular flexibility index (Phi) is 5.42. The van der Waals surface area contributed by atoms with Crippen LogP contribution in [0.15, 0.2) is 48.5 Å². The summed E-state index contributed by atoms with van der Waals surface area (Å²) >= 11 is 0. The maximum absolute atomic E-state index is 6.21. The monoisotopic (exact) mass is 352 g/mol. The van der Waals surface area contributed by atoms with E-state index in [9.17, 15) is 0 Å². The van der Waals surface area contributed by atoms with Gasteiger partial charge in [-0.15, -0.1) is 0 Å². The Bertz CT molecular complexity index is 726. The van der Waals surface area contributed by atoms with E-state index in [0.29, 0.717) is 6.10 Å². The van der Waals surface area contributed by atoms with Gasteiger partial charge in [-0.2, -0.15) is 0 Å². The molecule has 0 amide bonds. The van der Waals surface area contributed by atoms with Crippen molar-refractivity contribution >= 4 is 0 Å². The number of fused-ring (bicyclic) bond motifs is 1. The molecule has 0 N–H and O–H groups in total. The number of hydrogen-bond donors (Lipinski definition) is 0. The van der Waals surface area contributed by atoms with Gasteiger partial charge in [0.2, 0.25) is 0 Å². The molecular formula is C22H28N2O2. The van der Waals surface area contributed by atoms with Crippen molar-refractivity contribution in [3.63, 3.8) is 0 Å². The van der Waals surface area contributed by atoms with E-state index in [1.807, 2.05) is 6.07 Å². The highest BCUT2D eigenvalue weighted by atomic mass is 16.5. The van der Waals surface area contributed by atoms with Crippen LogP contribution in [0.5, 0.6) is 11.5 Å². The summed E-state index contributed by atoms with van der Waals surface area (Å²) in [6.07, 6.45) is 2.59. The number of methoxy groups -OCH3 is 1. The maximum atomic E-state index is 6.21. The van der Waals surface area contributed by atoms with E-state index in [2.05, 4.69) is 52.3 Å². The predicted octanol–water partition coefficient (Wildman–Crippen LogP) is 3.21. The number of rotatable bonds is 5. The van der Waals surface area contributed by atoms with Crippen LogP contribution in [0.1, 0.15) is 17.5 Å². The Morgan fingerprint density at radius 3 is 2.65 bits per heavy atom. The minimum absolute atomic E-state index is 0.329. The van der Waals surface area contributed by atoms with Crippen LogP contribution in [-0.2, 0) is 13.0 Å². The number of benzene rings is 2. The molecule has 2 aromatic rings. The van der Waals surface area contributed by atoms with Crippen molar-refractivity contribution in [3.8, 4) is 11.5 Å². The van der Waals surface area contributed by atoms with E-state index in [1.165, 1.54) is 11.1 Å². The van der Waals surface area contributed by atoms with Gasteiger partial charge in [0.1, 0.15) is 17.6 Å². The highest BCUT2D eigenvalue weighted by Gasteiger charge is 2.24. The molecule has 2 aliphatic heterocycles. The molecular weight excluding hydrogens is 324 g/mol. The summed E-state index contributed by atoms with van der Waals surface area (Å²) in [5, 5.41) is 0. The van der Waals surface area contributed by atoms with E-state index in [4.69, 9.17) is 9.47 Å². The minimum atomic E-state index is 0.329. The second-order valence-electron chi connectivity index (χ2n) is 7.31. The van der Waals surface area contributed by atoms with Gasteiger partial charge in [0.25, 0.3) is 0 Å². The van der Waals surface area contributed by atoms with E-state index in [-0.39, 0.29) is 0 Å². The molecule has 0 aliphatic carbocycles. The van der Waals surface area contributed by atoms with Gasteiger partial charge in [-0.25, -0.2) is 0 Å². The molecule has 0 radical (unpaired) electrons. The largest absolute Gasteiger partial charge is 0.497 e. The Hall–Kier alpha value is -2.04. The molecule has 0 bridgehead atoms. The molecule has 0 spiro atoms. The standard InChI is InChI=1S/C22H28N2O2/c1-25-20-7-4-5-18(15-20)16-23-11-13-24(14-12-23)17-21-10-9-19-6-2-3-8-22(19)26-21/h2-8,15,21H,9-14,16-17H2,1H3. The molecule has 1 unspecified atom stereocenters. The highest BCUT2D eigenvalue weighted by molar-refractivity contribution is 5.35. The zero-order valence-electron chi connectivity index (χ0n) is 15.6. The average Bonchev–Trinajstić information content (AvgIpc) is 2.69. The summed E-state index contributed by atoms with van der Waals surface area (Å²) in [7, 11) is 1.73. The third-order valence-corrected chi connectivity index (χ3v) is 5.47. The summed E-state index contributed by atoms with van der Waals surface area (Å²) in [5.41, 5.74) is 2.68. The molecule has 138 valence electrons. The van der Waals surface area contributed by atoms with E-state index in [0.717, 1.165) is 63.6 Å². The van der Waals surface area contributed by atoms with E-state index in [1.54, 1.807) is 7.11 Å². The molecule has 2 aliphatic rings. The number of nitrogens with zero attached hydrogens (tertiary/aromatic N) is 2. The molecule has 4 rings (SSSR count). The van der Waals surface area contributed by atoms with Gasteiger partial charge in [-0.05, 0) is 42.2 Å². The zero-order valence-corrected chi connectivity index (χ0v) is 15.6. The first-order valence-corrected chi connectivity index (χ1v) is 9.62. The van der Waals surface area contributed by atoms with Crippen LogP contribution in [0.25, 0.3) is 0 Å². The smallest absolute Gasteiger partial charge is 0.122 e. The third-order valence-electron chi connectivity index (χ3n) is 5.47. The second-order valence-corrected chi connectivity index (χ2v) is 7.31. The zero-order chi connectivity index (χ0) is 17.8. The normalized spacial score (nSPS) is 21.0. The Morgan fingerprint density at radius 2 is 1.81 bits per heavy atom. The van der Waals surface area contributed by atoms with Crippen LogP contribution in [0.2, 0.25) is 0 Å². The van der Waals surface area contributed by atoms with Crippen molar-refractivity contribution in [2.75, 3.05) is 39.8 Å². The van der Waals surface area contributed by atoms with E-state index >= 15 is 0 Å². The van der Waals surface area contributed by atoms with Gasteiger partial charge < -0.3 is 9.47 Å². The Balaban J connectivity index is 1.25.